The number of rotatable bonds is 4. The molecule has 6 aromatic carbocycles. The van der Waals surface area contributed by atoms with Gasteiger partial charge >= 0.3 is 0 Å². The van der Waals surface area contributed by atoms with Crippen LogP contribution >= 0.6 is 11.6 Å². The van der Waals surface area contributed by atoms with E-state index in [2.05, 4.69) is 165 Å². The summed E-state index contributed by atoms with van der Waals surface area (Å²) in [6.07, 6.45) is 0. The normalized spacial score (nSPS) is 11.7. The van der Waals surface area contributed by atoms with Gasteiger partial charge in [0.15, 0.2) is 0 Å². The number of para-hydroxylation sites is 4. The Labute approximate surface area is 264 Å². The average molecular weight is 597 g/mol. The quantitative estimate of drug-likeness (QED) is 0.189. The molecule has 3 aromatic heterocycles. The Morgan fingerprint density at radius 3 is 1.11 bits per heavy atom. The molecule has 4 nitrogen and oxygen atoms in total. The van der Waals surface area contributed by atoms with Crippen molar-refractivity contribution in [2.45, 2.75) is 0 Å². The largest absolute Gasteiger partial charge is 0.309 e. The van der Waals surface area contributed by atoms with Crippen LogP contribution in [0.5, 0.6) is 0 Å². The third kappa shape index (κ3) is 4.15. The van der Waals surface area contributed by atoms with Crippen molar-refractivity contribution in [3.8, 4) is 33.9 Å². The van der Waals surface area contributed by atoms with Crippen LogP contribution in [0.4, 0.5) is 0 Å². The minimum absolute atomic E-state index is 0.215. The highest BCUT2D eigenvalue weighted by atomic mass is 35.5. The first-order valence-corrected chi connectivity index (χ1v) is 15.3. The Kier molecular flexibility index (Phi) is 5.83. The molecule has 0 N–H and O–H groups in total. The molecule has 9 aromatic rings. The molecule has 9 rings (SSSR count). The van der Waals surface area contributed by atoms with Crippen LogP contribution in [-0.4, -0.2) is 19.1 Å². The molecule has 0 unspecified atom stereocenters. The van der Waals surface area contributed by atoms with Crippen molar-refractivity contribution in [2.24, 2.45) is 0 Å². The van der Waals surface area contributed by atoms with Gasteiger partial charge in [0.25, 0.3) is 0 Å². The van der Waals surface area contributed by atoms with Crippen molar-refractivity contribution in [2.75, 3.05) is 0 Å². The van der Waals surface area contributed by atoms with Crippen molar-refractivity contribution in [3.05, 3.63) is 157 Å². The third-order valence-electron chi connectivity index (χ3n) is 8.66. The van der Waals surface area contributed by atoms with E-state index in [9.17, 15) is 0 Å². The highest BCUT2D eigenvalue weighted by molar-refractivity contribution is 6.28. The minimum Gasteiger partial charge on any atom is -0.309 e. The molecule has 0 radical (unpaired) electrons. The van der Waals surface area contributed by atoms with Crippen LogP contribution in [0.2, 0.25) is 5.28 Å². The maximum absolute atomic E-state index is 6.61. The molecule has 0 bridgehead atoms. The monoisotopic (exact) mass is 596 g/mol. The number of fused-ring (bicyclic) bond motifs is 6. The summed E-state index contributed by atoms with van der Waals surface area (Å²) in [6.45, 7) is 0. The molecule has 0 aliphatic carbocycles. The molecule has 0 aliphatic rings. The average Bonchev–Trinajstić information content (AvgIpc) is 3.61. The smallest absolute Gasteiger partial charge is 0.223 e. The van der Waals surface area contributed by atoms with E-state index in [4.69, 9.17) is 11.6 Å². The van der Waals surface area contributed by atoms with Crippen LogP contribution in [0, 0.1) is 0 Å². The topological polar surface area (TPSA) is 35.6 Å². The second-order valence-electron chi connectivity index (χ2n) is 11.2. The fourth-order valence-corrected chi connectivity index (χ4v) is 6.91. The summed E-state index contributed by atoms with van der Waals surface area (Å²) >= 11 is 6.61. The maximum Gasteiger partial charge on any atom is 0.223 e. The summed E-state index contributed by atoms with van der Waals surface area (Å²) in [5, 5.41) is 5.14. The van der Waals surface area contributed by atoms with Gasteiger partial charge in [-0.25, -0.2) is 9.97 Å². The molecule has 212 valence electrons. The molecule has 0 aliphatic heterocycles. The predicted octanol–water partition coefficient (Wildman–Crippen LogP) is 10.7. The lowest BCUT2D eigenvalue weighted by molar-refractivity contribution is 1.15. The van der Waals surface area contributed by atoms with Crippen LogP contribution < -0.4 is 0 Å². The van der Waals surface area contributed by atoms with Crippen molar-refractivity contribution in [3.63, 3.8) is 0 Å². The van der Waals surface area contributed by atoms with E-state index in [1.54, 1.807) is 0 Å². The highest BCUT2D eigenvalue weighted by Crippen LogP contribution is 2.35. The molecular formula is C40H25ClN4. The lowest BCUT2D eigenvalue weighted by atomic mass is 10.1. The predicted molar refractivity (Wildman–Crippen MR) is 187 cm³/mol. The van der Waals surface area contributed by atoms with Crippen LogP contribution in [-0.2, 0) is 0 Å². The Hall–Kier alpha value is -5.71. The molecule has 3 heterocycles. The molecule has 0 saturated carbocycles. The van der Waals surface area contributed by atoms with Crippen molar-refractivity contribution >= 4 is 55.2 Å². The van der Waals surface area contributed by atoms with Gasteiger partial charge in [-0.3, -0.25) is 0 Å². The Morgan fingerprint density at radius 1 is 0.378 bits per heavy atom. The van der Waals surface area contributed by atoms with Crippen LogP contribution in [0.15, 0.2) is 152 Å². The first-order chi connectivity index (χ1) is 22.2. The zero-order valence-corrected chi connectivity index (χ0v) is 24.9. The van der Waals surface area contributed by atoms with Gasteiger partial charge in [0.2, 0.25) is 5.28 Å². The summed E-state index contributed by atoms with van der Waals surface area (Å²) in [5.41, 5.74) is 10.3. The van der Waals surface area contributed by atoms with E-state index in [-0.39, 0.29) is 5.28 Å². The lowest BCUT2D eigenvalue weighted by Crippen LogP contribution is -1.97. The fraction of sp³-hybridized carbons (Fsp3) is 0. The van der Waals surface area contributed by atoms with Gasteiger partial charge in [0, 0.05) is 44.0 Å². The van der Waals surface area contributed by atoms with E-state index >= 15 is 0 Å². The van der Waals surface area contributed by atoms with E-state index in [0.717, 1.165) is 33.9 Å². The number of hydrogen-bond donors (Lipinski definition) is 0. The third-order valence-corrected chi connectivity index (χ3v) is 8.83. The van der Waals surface area contributed by atoms with Gasteiger partial charge < -0.3 is 9.13 Å². The Morgan fingerprint density at radius 2 is 0.733 bits per heavy atom. The molecule has 0 saturated heterocycles. The van der Waals surface area contributed by atoms with Gasteiger partial charge in [0.1, 0.15) is 0 Å². The molecule has 45 heavy (non-hydrogen) atoms. The Bertz CT molecular complexity index is 2290. The summed E-state index contributed by atoms with van der Waals surface area (Å²) in [4.78, 5) is 9.34. The summed E-state index contributed by atoms with van der Waals surface area (Å²) < 4.78 is 4.63. The van der Waals surface area contributed by atoms with Crippen LogP contribution in [0.3, 0.4) is 0 Å². The van der Waals surface area contributed by atoms with Crippen LogP contribution in [0.1, 0.15) is 0 Å². The second-order valence-corrected chi connectivity index (χ2v) is 11.6. The van der Waals surface area contributed by atoms with Crippen molar-refractivity contribution in [1.82, 2.24) is 19.1 Å². The van der Waals surface area contributed by atoms with Gasteiger partial charge in [-0.15, -0.1) is 0 Å². The second kappa shape index (κ2) is 10.2. The van der Waals surface area contributed by atoms with E-state index in [1.807, 2.05) is 6.07 Å². The maximum atomic E-state index is 6.61. The molecule has 0 fully saturated rings. The first-order valence-electron chi connectivity index (χ1n) is 15.0. The molecular weight excluding hydrogens is 572 g/mol. The zero-order chi connectivity index (χ0) is 29.9. The number of aromatic nitrogens is 4. The number of nitrogens with zero attached hydrogens (tertiary/aromatic N) is 4. The fourth-order valence-electron chi connectivity index (χ4n) is 6.72. The summed E-state index contributed by atoms with van der Waals surface area (Å²) in [7, 11) is 0. The Balaban J connectivity index is 1.17. The number of benzene rings is 6. The van der Waals surface area contributed by atoms with E-state index in [1.165, 1.54) is 43.6 Å². The summed E-state index contributed by atoms with van der Waals surface area (Å²) in [6, 6.07) is 53.1. The van der Waals surface area contributed by atoms with Crippen molar-refractivity contribution in [1.29, 1.82) is 0 Å². The highest BCUT2D eigenvalue weighted by Gasteiger charge is 2.15. The molecule has 5 heteroatoms. The summed E-state index contributed by atoms with van der Waals surface area (Å²) in [5.74, 6) is 0. The molecule has 0 amide bonds. The van der Waals surface area contributed by atoms with Gasteiger partial charge in [-0.05, 0) is 66.2 Å². The van der Waals surface area contributed by atoms with Gasteiger partial charge in [0.05, 0.1) is 33.5 Å². The zero-order valence-electron chi connectivity index (χ0n) is 24.1. The van der Waals surface area contributed by atoms with E-state index in [0.29, 0.717) is 0 Å². The molecule has 0 spiro atoms. The first kappa shape index (κ1) is 25.8. The van der Waals surface area contributed by atoms with Crippen molar-refractivity contribution < 1.29 is 0 Å². The lowest BCUT2D eigenvalue weighted by Gasteiger charge is -2.12. The van der Waals surface area contributed by atoms with Gasteiger partial charge in [-0.1, -0.05) is 97.1 Å². The number of halogens is 1. The molecule has 0 atom stereocenters. The van der Waals surface area contributed by atoms with Gasteiger partial charge in [-0.2, -0.15) is 0 Å². The minimum atomic E-state index is 0.215. The standard InChI is InChI=1S/C40H25ClN4/c41-40-42-34(26-11-9-13-28(23-26)44-36-19-5-1-15-30(36)31-16-2-6-20-37(31)44)25-35(43-40)27-12-10-14-29(24-27)45-38-21-7-3-17-32(38)33-18-4-8-22-39(33)45/h1-25H. The van der Waals surface area contributed by atoms with E-state index < -0.39 is 0 Å². The SMILES string of the molecule is Clc1nc(-c2cccc(-n3c4ccccc4c4ccccc43)c2)cc(-c2cccc(-n3c4ccccc4c4ccccc43)c2)n1. The number of hydrogen-bond acceptors (Lipinski definition) is 2. The van der Waals surface area contributed by atoms with Crippen LogP contribution in [0.25, 0.3) is 77.5 Å².